The Morgan fingerprint density at radius 2 is 1.95 bits per heavy atom. The molecular formula is C17H16O2S. The molecule has 0 bridgehead atoms. The van der Waals surface area contributed by atoms with Crippen LogP contribution in [0.2, 0.25) is 0 Å². The molecule has 0 aliphatic rings. The van der Waals surface area contributed by atoms with Crippen molar-refractivity contribution in [1.82, 2.24) is 0 Å². The van der Waals surface area contributed by atoms with E-state index in [9.17, 15) is 0 Å². The molecule has 3 heteroatoms. The number of thioether (sulfide) groups is 1. The van der Waals surface area contributed by atoms with Gasteiger partial charge in [-0.2, -0.15) is 0 Å². The van der Waals surface area contributed by atoms with E-state index in [2.05, 4.69) is 24.0 Å². The van der Waals surface area contributed by atoms with Crippen LogP contribution in [0.15, 0.2) is 53.4 Å². The Bertz CT molecular complexity index is 612. The highest BCUT2D eigenvalue weighted by Crippen LogP contribution is 2.28. The molecule has 0 aliphatic heterocycles. The van der Waals surface area contributed by atoms with Crippen LogP contribution in [0.1, 0.15) is 11.1 Å². The number of benzene rings is 2. The van der Waals surface area contributed by atoms with Crippen molar-refractivity contribution < 1.29 is 9.84 Å². The molecule has 0 heterocycles. The van der Waals surface area contributed by atoms with E-state index < -0.39 is 0 Å². The van der Waals surface area contributed by atoms with E-state index in [4.69, 9.17) is 9.84 Å². The van der Waals surface area contributed by atoms with Gasteiger partial charge in [0.2, 0.25) is 0 Å². The van der Waals surface area contributed by atoms with Gasteiger partial charge in [0, 0.05) is 21.8 Å². The van der Waals surface area contributed by atoms with Gasteiger partial charge in [0.25, 0.3) is 0 Å². The summed E-state index contributed by atoms with van der Waals surface area (Å²) in [5.41, 5.74) is 2.00. The van der Waals surface area contributed by atoms with Crippen molar-refractivity contribution in [3.63, 3.8) is 0 Å². The van der Waals surface area contributed by atoms with Crippen LogP contribution in [-0.2, 0) is 5.75 Å². The maximum Gasteiger partial charge on any atom is 0.122 e. The van der Waals surface area contributed by atoms with E-state index in [-0.39, 0.29) is 6.61 Å². The van der Waals surface area contributed by atoms with E-state index in [0.29, 0.717) is 0 Å². The van der Waals surface area contributed by atoms with E-state index in [1.165, 1.54) is 4.90 Å². The molecule has 0 unspecified atom stereocenters. The minimum absolute atomic E-state index is 0.125. The monoisotopic (exact) mass is 284 g/mol. The number of hydrogen-bond donors (Lipinski definition) is 1. The fourth-order valence-corrected chi connectivity index (χ4v) is 2.69. The summed E-state index contributed by atoms with van der Waals surface area (Å²) >= 11 is 1.76. The summed E-state index contributed by atoms with van der Waals surface area (Å²) in [6, 6.07) is 16.1. The first-order chi connectivity index (χ1) is 9.83. The summed E-state index contributed by atoms with van der Waals surface area (Å²) in [4.78, 5) is 1.22. The van der Waals surface area contributed by atoms with E-state index in [0.717, 1.165) is 22.6 Å². The Morgan fingerprint density at radius 3 is 2.65 bits per heavy atom. The third-order valence-corrected chi connectivity index (χ3v) is 3.79. The van der Waals surface area contributed by atoms with Crippen LogP contribution in [0.25, 0.3) is 0 Å². The average molecular weight is 284 g/mol. The number of aliphatic hydroxyl groups excluding tert-OH is 1. The molecule has 0 saturated carbocycles. The molecule has 0 aliphatic carbocycles. The van der Waals surface area contributed by atoms with Gasteiger partial charge in [-0.1, -0.05) is 30.0 Å². The van der Waals surface area contributed by atoms with Crippen molar-refractivity contribution in [2.75, 3.05) is 13.7 Å². The molecule has 1 N–H and O–H groups in total. The molecule has 0 fully saturated rings. The van der Waals surface area contributed by atoms with Gasteiger partial charge in [0.05, 0.1) is 7.11 Å². The van der Waals surface area contributed by atoms with Crippen LogP contribution in [-0.4, -0.2) is 18.8 Å². The van der Waals surface area contributed by atoms with Crippen LogP contribution in [0.3, 0.4) is 0 Å². The normalized spacial score (nSPS) is 9.70. The third-order valence-electron chi connectivity index (χ3n) is 2.73. The smallest absolute Gasteiger partial charge is 0.122 e. The van der Waals surface area contributed by atoms with E-state index in [1.54, 1.807) is 18.9 Å². The lowest BCUT2D eigenvalue weighted by molar-refractivity contribution is 0.350. The van der Waals surface area contributed by atoms with Crippen molar-refractivity contribution >= 4 is 11.8 Å². The largest absolute Gasteiger partial charge is 0.496 e. The fraction of sp³-hybridized carbons (Fsp3) is 0.176. The predicted octanol–water partition coefficient (Wildman–Crippen LogP) is 3.33. The van der Waals surface area contributed by atoms with Crippen LogP contribution in [0.4, 0.5) is 0 Å². The zero-order valence-electron chi connectivity index (χ0n) is 11.3. The maximum absolute atomic E-state index is 8.75. The predicted molar refractivity (Wildman–Crippen MR) is 83.0 cm³/mol. The molecule has 0 saturated heterocycles. The first-order valence-electron chi connectivity index (χ1n) is 6.28. The van der Waals surface area contributed by atoms with Gasteiger partial charge in [-0.15, -0.1) is 11.8 Å². The zero-order valence-corrected chi connectivity index (χ0v) is 12.1. The van der Waals surface area contributed by atoms with Gasteiger partial charge < -0.3 is 9.84 Å². The highest BCUT2D eigenvalue weighted by Gasteiger charge is 2.04. The molecule has 2 nitrogen and oxygen atoms in total. The Balaban J connectivity index is 2.16. The number of methoxy groups -OCH3 is 1. The van der Waals surface area contributed by atoms with Crippen LogP contribution >= 0.6 is 11.8 Å². The number of hydrogen-bond acceptors (Lipinski definition) is 3. The first-order valence-corrected chi connectivity index (χ1v) is 7.26. The van der Waals surface area contributed by atoms with E-state index >= 15 is 0 Å². The Kier molecular flexibility index (Phi) is 5.55. The average Bonchev–Trinajstić information content (AvgIpc) is 2.52. The lowest BCUT2D eigenvalue weighted by Crippen LogP contribution is -1.91. The van der Waals surface area contributed by atoms with Crippen molar-refractivity contribution in [2.45, 2.75) is 10.6 Å². The molecular weight excluding hydrogens is 268 g/mol. The first kappa shape index (κ1) is 14.5. The minimum Gasteiger partial charge on any atom is -0.496 e. The quantitative estimate of drug-likeness (QED) is 0.690. The molecule has 0 aromatic heterocycles. The van der Waals surface area contributed by atoms with Crippen LogP contribution in [0, 0.1) is 11.8 Å². The number of aliphatic hydroxyl groups is 1. The summed E-state index contributed by atoms with van der Waals surface area (Å²) < 4.78 is 5.38. The summed E-state index contributed by atoms with van der Waals surface area (Å²) in [6.07, 6.45) is 0. The molecule has 20 heavy (non-hydrogen) atoms. The SMILES string of the molecule is COc1ccc(C#CCO)cc1CSc1ccccc1. The van der Waals surface area contributed by atoms with Gasteiger partial charge in [-0.3, -0.25) is 0 Å². The summed E-state index contributed by atoms with van der Waals surface area (Å²) in [5, 5.41) is 8.75. The highest BCUT2D eigenvalue weighted by molar-refractivity contribution is 7.98. The van der Waals surface area contributed by atoms with E-state index in [1.807, 2.05) is 36.4 Å². The lowest BCUT2D eigenvalue weighted by atomic mass is 10.1. The highest BCUT2D eigenvalue weighted by atomic mass is 32.2. The molecule has 0 atom stereocenters. The summed E-state index contributed by atoms with van der Waals surface area (Å²) in [6.45, 7) is -0.125. The molecule has 2 aromatic rings. The third kappa shape index (κ3) is 4.06. The van der Waals surface area contributed by atoms with Crippen molar-refractivity contribution in [1.29, 1.82) is 0 Å². The van der Waals surface area contributed by atoms with Gasteiger partial charge in [0.15, 0.2) is 0 Å². The second-order valence-electron chi connectivity index (χ2n) is 4.09. The summed E-state index contributed by atoms with van der Waals surface area (Å²) in [5.74, 6) is 7.27. The van der Waals surface area contributed by atoms with Crippen molar-refractivity contribution in [2.24, 2.45) is 0 Å². The second kappa shape index (κ2) is 7.64. The Hall–Kier alpha value is -1.89. The number of ether oxygens (including phenoxy) is 1. The topological polar surface area (TPSA) is 29.5 Å². The minimum atomic E-state index is -0.125. The molecule has 0 radical (unpaired) electrons. The number of rotatable bonds is 4. The standard InChI is InChI=1S/C17H16O2S/c1-19-17-10-9-14(6-5-11-18)12-15(17)13-20-16-7-3-2-4-8-16/h2-4,7-10,12,18H,11,13H2,1H3. The molecule has 2 rings (SSSR count). The Labute approximate surface area is 123 Å². The van der Waals surface area contributed by atoms with Gasteiger partial charge >= 0.3 is 0 Å². The molecule has 0 amide bonds. The zero-order chi connectivity index (χ0) is 14.2. The van der Waals surface area contributed by atoms with Crippen LogP contribution < -0.4 is 4.74 Å². The maximum atomic E-state index is 8.75. The van der Waals surface area contributed by atoms with Crippen LogP contribution in [0.5, 0.6) is 5.75 Å². The van der Waals surface area contributed by atoms with Gasteiger partial charge in [-0.05, 0) is 30.3 Å². The Morgan fingerprint density at radius 1 is 1.15 bits per heavy atom. The molecule has 2 aromatic carbocycles. The molecule has 102 valence electrons. The van der Waals surface area contributed by atoms with Crippen molar-refractivity contribution in [3.05, 3.63) is 59.7 Å². The second-order valence-corrected chi connectivity index (χ2v) is 5.14. The lowest BCUT2D eigenvalue weighted by Gasteiger charge is -2.09. The van der Waals surface area contributed by atoms with Gasteiger partial charge in [0.1, 0.15) is 12.4 Å². The van der Waals surface area contributed by atoms with Crippen molar-refractivity contribution in [3.8, 4) is 17.6 Å². The molecule has 0 spiro atoms. The fourth-order valence-electron chi connectivity index (χ4n) is 1.79. The van der Waals surface area contributed by atoms with Gasteiger partial charge in [-0.25, -0.2) is 0 Å². The summed E-state index contributed by atoms with van der Waals surface area (Å²) in [7, 11) is 1.67.